The molecule has 1 saturated heterocycles. The Morgan fingerprint density at radius 1 is 1.07 bits per heavy atom. The average molecular weight is 423 g/mol. The maximum absolute atomic E-state index is 14.2. The Hall–Kier alpha value is -2.13. The van der Waals surface area contributed by atoms with E-state index in [0.29, 0.717) is 4.90 Å². The molecule has 10 heteroatoms. The zero-order valence-corrected chi connectivity index (χ0v) is 17.7. The SMILES string of the molecule is CC(=O)OC1CC(=O)N1C(=O)COC(=O)C(CC(C)(C)C)(C(C)(C)C)C(F)(F)F. The van der Waals surface area contributed by atoms with Crippen LogP contribution in [0.2, 0.25) is 0 Å². The third kappa shape index (κ3) is 5.27. The summed E-state index contributed by atoms with van der Waals surface area (Å²) < 4.78 is 52.1. The molecule has 166 valence electrons. The minimum Gasteiger partial charge on any atom is -0.455 e. The van der Waals surface area contributed by atoms with Crippen molar-refractivity contribution in [2.75, 3.05) is 6.61 Å². The van der Waals surface area contributed by atoms with Gasteiger partial charge in [-0.05, 0) is 17.3 Å². The number of hydrogen-bond donors (Lipinski definition) is 0. The molecule has 1 aliphatic rings. The summed E-state index contributed by atoms with van der Waals surface area (Å²) in [5.41, 5.74) is -5.31. The van der Waals surface area contributed by atoms with Crippen molar-refractivity contribution < 1.29 is 41.8 Å². The molecule has 1 rings (SSSR count). The highest BCUT2D eigenvalue weighted by Crippen LogP contribution is 2.57. The van der Waals surface area contributed by atoms with Crippen LogP contribution >= 0.6 is 0 Å². The fourth-order valence-corrected chi connectivity index (χ4v) is 3.37. The molecule has 0 aromatic carbocycles. The Labute approximate surface area is 167 Å². The highest BCUT2D eigenvalue weighted by Gasteiger charge is 2.68. The molecular weight excluding hydrogens is 395 g/mol. The maximum atomic E-state index is 14.2. The van der Waals surface area contributed by atoms with E-state index < -0.39 is 65.4 Å². The first-order valence-corrected chi connectivity index (χ1v) is 9.09. The minimum atomic E-state index is -4.94. The van der Waals surface area contributed by atoms with Gasteiger partial charge in [-0.25, -0.2) is 4.90 Å². The number of imide groups is 1. The lowest BCUT2D eigenvalue weighted by atomic mass is 9.59. The molecule has 2 atom stereocenters. The third-order valence-corrected chi connectivity index (χ3v) is 4.71. The van der Waals surface area contributed by atoms with Gasteiger partial charge in [0.05, 0.1) is 6.42 Å². The summed E-state index contributed by atoms with van der Waals surface area (Å²) in [7, 11) is 0. The molecule has 2 unspecified atom stereocenters. The zero-order chi connectivity index (χ0) is 23.0. The molecule has 0 aromatic heterocycles. The zero-order valence-electron chi connectivity index (χ0n) is 17.7. The molecule has 0 aliphatic carbocycles. The molecule has 2 amide bonds. The number of alkyl halides is 3. The monoisotopic (exact) mass is 423 g/mol. The third-order valence-electron chi connectivity index (χ3n) is 4.71. The van der Waals surface area contributed by atoms with Crippen molar-refractivity contribution in [1.29, 1.82) is 0 Å². The predicted molar refractivity (Wildman–Crippen MR) is 95.0 cm³/mol. The van der Waals surface area contributed by atoms with Gasteiger partial charge in [-0.2, -0.15) is 13.2 Å². The van der Waals surface area contributed by atoms with Crippen molar-refractivity contribution in [2.45, 2.75) is 73.7 Å². The topological polar surface area (TPSA) is 90.0 Å². The van der Waals surface area contributed by atoms with Gasteiger partial charge >= 0.3 is 18.1 Å². The van der Waals surface area contributed by atoms with E-state index in [1.165, 1.54) is 20.8 Å². The minimum absolute atomic E-state index is 0.224. The summed E-state index contributed by atoms with van der Waals surface area (Å²) in [5.74, 6) is -4.05. The molecule has 0 saturated carbocycles. The smallest absolute Gasteiger partial charge is 0.405 e. The standard InChI is InChI=1S/C19H28F3NO6/c1-11(24)29-14-8-12(25)23(14)13(26)9-28-15(27)18(17(5,6)7,19(20,21)22)10-16(2,3)4/h14H,8-10H2,1-7H3. The van der Waals surface area contributed by atoms with E-state index in [1.54, 1.807) is 20.8 Å². The first kappa shape index (κ1) is 24.9. The van der Waals surface area contributed by atoms with Crippen LogP contribution in [0.25, 0.3) is 0 Å². The summed E-state index contributed by atoms with van der Waals surface area (Å²) in [5, 5.41) is 0. The molecule has 0 radical (unpaired) electrons. The molecular formula is C19H28F3NO6. The van der Waals surface area contributed by atoms with Crippen LogP contribution in [0.3, 0.4) is 0 Å². The molecule has 7 nitrogen and oxygen atoms in total. The second-order valence-electron chi connectivity index (χ2n) is 9.39. The van der Waals surface area contributed by atoms with Gasteiger partial charge in [-0.3, -0.25) is 19.2 Å². The lowest BCUT2D eigenvalue weighted by Crippen LogP contribution is -2.59. The number of likely N-dealkylation sites (tertiary alicyclic amines) is 1. The summed E-state index contributed by atoms with van der Waals surface area (Å²) in [6.07, 6.45) is -6.86. The summed E-state index contributed by atoms with van der Waals surface area (Å²) in [6.45, 7) is 8.57. The van der Waals surface area contributed by atoms with E-state index in [2.05, 4.69) is 0 Å². The average Bonchev–Trinajstić information content (AvgIpc) is 2.45. The van der Waals surface area contributed by atoms with Crippen LogP contribution in [0.4, 0.5) is 13.2 Å². The highest BCUT2D eigenvalue weighted by atomic mass is 19.4. The second kappa shape index (κ2) is 7.95. The highest BCUT2D eigenvalue weighted by molar-refractivity contribution is 6.01. The van der Waals surface area contributed by atoms with Gasteiger partial charge in [-0.1, -0.05) is 41.5 Å². The van der Waals surface area contributed by atoms with Crippen LogP contribution in [-0.2, 0) is 28.7 Å². The van der Waals surface area contributed by atoms with Gasteiger partial charge in [0.15, 0.2) is 18.2 Å². The maximum Gasteiger partial charge on any atom is 0.405 e. The fraction of sp³-hybridized carbons (Fsp3) is 0.789. The molecule has 0 spiro atoms. The van der Waals surface area contributed by atoms with Crippen molar-refractivity contribution >= 4 is 23.8 Å². The van der Waals surface area contributed by atoms with Gasteiger partial charge in [0, 0.05) is 6.92 Å². The summed E-state index contributed by atoms with van der Waals surface area (Å²) >= 11 is 0. The van der Waals surface area contributed by atoms with Gasteiger partial charge < -0.3 is 9.47 Å². The van der Waals surface area contributed by atoms with E-state index in [9.17, 15) is 32.3 Å². The number of nitrogens with zero attached hydrogens (tertiary/aromatic N) is 1. The Morgan fingerprint density at radius 3 is 1.93 bits per heavy atom. The number of halogens is 3. The van der Waals surface area contributed by atoms with Gasteiger partial charge in [0.25, 0.3) is 5.91 Å². The molecule has 1 heterocycles. The molecule has 0 N–H and O–H groups in total. The normalized spacial score (nSPS) is 19.9. The van der Waals surface area contributed by atoms with Gasteiger partial charge in [0.1, 0.15) is 0 Å². The van der Waals surface area contributed by atoms with Crippen molar-refractivity contribution in [3.8, 4) is 0 Å². The quantitative estimate of drug-likeness (QED) is 0.498. The predicted octanol–water partition coefficient (Wildman–Crippen LogP) is 3.21. The fourth-order valence-electron chi connectivity index (χ4n) is 3.37. The van der Waals surface area contributed by atoms with E-state index in [1.807, 2.05) is 0 Å². The van der Waals surface area contributed by atoms with Gasteiger partial charge in [-0.15, -0.1) is 0 Å². The Morgan fingerprint density at radius 2 is 1.59 bits per heavy atom. The van der Waals surface area contributed by atoms with Crippen molar-refractivity contribution in [3.05, 3.63) is 0 Å². The van der Waals surface area contributed by atoms with Crippen LogP contribution in [-0.4, -0.2) is 47.7 Å². The summed E-state index contributed by atoms with van der Waals surface area (Å²) in [6, 6.07) is 0. The lowest BCUT2D eigenvalue weighted by molar-refractivity contribution is -0.269. The number of rotatable bonds is 5. The van der Waals surface area contributed by atoms with Gasteiger partial charge in [0.2, 0.25) is 5.91 Å². The largest absolute Gasteiger partial charge is 0.455 e. The number of esters is 2. The Kier molecular flexibility index (Phi) is 6.83. The van der Waals surface area contributed by atoms with Crippen LogP contribution < -0.4 is 0 Å². The van der Waals surface area contributed by atoms with Crippen LogP contribution in [0, 0.1) is 16.2 Å². The number of carbonyl (C=O) groups is 4. The molecule has 0 bridgehead atoms. The Balaban J connectivity index is 3.08. The Bertz CT molecular complexity index is 674. The van der Waals surface area contributed by atoms with Crippen molar-refractivity contribution in [3.63, 3.8) is 0 Å². The van der Waals surface area contributed by atoms with Crippen molar-refractivity contribution in [2.24, 2.45) is 16.2 Å². The van der Waals surface area contributed by atoms with Crippen LogP contribution in [0.1, 0.15) is 61.3 Å². The second-order valence-corrected chi connectivity index (χ2v) is 9.39. The van der Waals surface area contributed by atoms with E-state index in [0.717, 1.165) is 6.92 Å². The number of carbonyl (C=O) groups excluding carboxylic acids is 4. The molecule has 1 fully saturated rings. The molecule has 29 heavy (non-hydrogen) atoms. The summed E-state index contributed by atoms with van der Waals surface area (Å²) in [4.78, 5) is 48.1. The van der Waals surface area contributed by atoms with Crippen molar-refractivity contribution in [1.82, 2.24) is 4.90 Å². The number of hydrogen-bond acceptors (Lipinski definition) is 6. The number of β-lactam (4-membered cyclic amide) rings is 1. The van der Waals surface area contributed by atoms with E-state index in [4.69, 9.17) is 9.47 Å². The number of amides is 2. The molecule has 1 aliphatic heterocycles. The lowest BCUT2D eigenvalue weighted by Gasteiger charge is -2.46. The van der Waals surface area contributed by atoms with Crippen LogP contribution in [0.15, 0.2) is 0 Å². The van der Waals surface area contributed by atoms with E-state index >= 15 is 0 Å². The first-order chi connectivity index (χ1) is 12.8. The number of ether oxygens (including phenoxy) is 2. The molecule has 0 aromatic rings. The van der Waals surface area contributed by atoms with E-state index in [-0.39, 0.29) is 6.42 Å². The first-order valence-electron chi connectivity index (χ1n) is 9.09. The van der Waals surface area contributed by atoms with Crippen LogP contribution in [0.5, 0.6) is 0 Å².